The first-order valence-electron chi connectivity index (χ1n) is 7.81. The summed E-state index contributed by atoms with van der Waals surface area (Å²) in [6.45, 7) is 2.06. The van der Waals surface area contributed by atoms with Crippen LogP contribution in [0.25, 0.3) is 6.08 Å². The molecule has 1 amide bonds. The Morgan fingerprint density at radius 3 is 2.95 bits per heavy atom. The standard InChI is InChI=1S/C17H21ClN2O2/c18-14-4-1-3-13(11-14)7-8-15-5-2-6-16-12-19(17(21)22)9-10-20(15)16/h1,3-4,7-8,11,15-16H,2,5-6,9-10,12H2,(H,21,22)/t15-,16+/m1/s1. The molecule has 0 aromatic heterocycles. The van der Waals surface area contributed by atoms with Crippen molar-refractivity contribution in [2.24, 2.45) is 0 Å². The molecule has 2 aliphatic heterocycles. The Morgan fingerprint density at radius 1 is 1.32 bits per heavy atom. The van der Waals surface area contributed by atoms with Crippen LogP contribution in [-0.4, -0.2) is 52.7 Å². The molecule has 118 valence electrons. The Labute approximate surface area is 136 Å². The minimum atomic E-state index is -0.795. The van der Waals surface area contributed by atoms with Crippen molar-refractivity contribution in [3.05, 3.63) is 40.9 Å². The normalized spacial score (nSPS) is 26.1. The maximum absolute atomic E-state index is 11.1. The average Bonchev–Trinajstić information content (AvgIpc) is 2.52. The highest BCUT2D eigenvalue weighted by molar-refractivity contribution is 6.30. The van der Waals surface area contributed by atoms with Gasteiger partial charge in [-0.15, -0.1) is 0 Å². The van der Waals surface area contributed by atoms with Crippen molar-refractivity contribution in [2.75, 3.05) is 19.6 Å². The van der Waals surface area contributed by atoms with Gasteiger partial charge in [-0.1, -0.05) is 35.9 Å². The van der Waals surface area contributed by atoms with Gasteiger partial charge in [-0.3, -0.25) is 4.90 Å². The number of nitrogens with zero attached hydrogens (tertiary/aromatic N) is 2. The molecule has 2 aliphatic rings. The van der Waals surface area contributed by atoms with E-state index in [9.17, 15) is 4.79 Å². The summed E-state index contributed by atoms with van der Waals surface area (Å²) in [6.07, 6.45) is 6.96. The third kappa shape index (κ3) is 3.45. The zero-order chi connectivity index (χ0) is 15.5. The van der Waals surface area contributed by atoms with Crippen molar-refractivity contribution in [3.8, 4) is 0 Å². The molecule has 0 spiro atoms. The van der Waals surface area contributed by atoms with Gasteiger partial charge in [0.05, 0.1) is 0 Å². The van der Waals surface area contributed by atoms with Crippen molar-refractivity contribution in [1.82, 2.24) is 9.80 Å². The number of hydrogen-bond acceptors (Lipinski definition) is 2. The summed E-state index contributed by atoms with van der Waals surface area (Å²) in [5.74, 6) is 0. The van der Waals surface area contributed by atoms with Gasteiger partial charge in [0.15, 0.2) is 0 Å². The van der Waals surface area contributed by atoms with Gasteiger partial charge in [0, 0.05) is 36.7 Å². The summed E-state index contributed by atoms with van der Waals surface area (Å²) in [4.78, 5) is 15.1. The molecule has 22 heavy (non-hydrogen) atoms. The minimum Gasteiger partial charge on any atom is -0.465 e. The number of benzene rings is 1. The molecule has 0 saturated carbocycles. The van der Waals surface area contributed by atoms with Gasteiger partial charge < -0.3 is 10.0 Å². The van der Waals surface area contributed by atoms with Gasteiger partial charge in [0.25, 0.3) is 0 Å². The largest absolute Gasteiger partial charge is 0.465 e. The molecule has 0 aliphatic carbocycles. The molecule has 0 bridgehead atoms. The molecule has 2 saturated heterocycles. The molecule has 1 aromatic carbocycles. The first-order chi connectivity index (χ1) is 10.6. The van der Waals surface area contributed by atoms with Gasteiger partial charge in [0.2, 0.25) is 0 Å². The van der Waals surface area contributed by atoms with Crippen LogP contribution in [0, 0.1) is 0 Å². The molecular weight excluding hydrogens is 300 g/mol. The Hall–Kier alpha value is -1.52. The van der Waals surface area contributed by atoms with Gasteiger partial charge in [-0.05, 0) is 37.0 Å². The zero-order valence-corrected chi connectivity index (χ0v) is 13.2. The van der Waals surface area contributed by atoms with E-state index in [0.717, 1.165) is 36.4 Å². The third-order valence-electron chi connectivity index (χ3n) is 4.62. The molecule has 2 fully saturated rings. The molecule has 1 aromatic rings. The van der Waals surface area contributed by atoms with Crippen molar-refractivity contribution in [3.63, 3.8) is 0 Å². The van der Waals surface area contributed by atoms with Crippen molar-refractivity contribution < 1.29 is 9.90 Å². The highest BCUT2D eigenvalue weighted by Gasteiger charge is 2.35. The summed E-state index contributed by atoms with van der Waals surface area (Å²) >= 11 is 6.02. The van der Waals surface area contributed by atoms with E-state index in [1.165, 1.54) is 0 Å². The summed E-state index contributed by atoms with van der Waals surface area (Å²) in [6, 6.07) is 8.59. The van der Waals surface area contributed by atoms with Crippen LogP contribution in [0.3, 0.4) is 0 Å². The number of fused-ring (bicyclic) bond motifs is 1. The van der Waals surface area contributed by atoms with E-state index in [0.29, 0.717) is 25.2 Å². The Morgan fingerprint density at radius 2 is 2.18 bits per heavy atom. The number of amides is 1. The predicted octanol–water partition coefficient (Wildman–Crippen LogP) is 3.57. The summed E-state index contributed by atoms with van der Waals surface area (Å²) in [5, 5.41) is 9.90. The van der Waals surface area contributed by atoms with Crippen LogP contribution < -0.4 is 0 Å². The zero-order valence-electron chi connectivity index (χ0n) is 12.5. The van der Waals surface area contributed by atoms with E-state index in [2.05, 4.69) is 17.1 Å². The van der Waals surface area contributed by atoms with Crippen LogP contribution in [0.2, 0.25) is 5.02 Å². The Balaban J connectivity index is 1.68. The van der Waals surface area contributed by atoms with E-state index in [4.69, 9.17) is 16.7 Å². The van der Waals surface area contributed by atoms with E-state index in [-0.39, 0.29) is 0 Å². The molecule has 1 N–H and O–H groups in total. The van der Waals surface area contributed by atoms with Crippen LogP contribution >= 0.6 is 11.6 Å². The Bertz CT molecular complexity index is 576. The fourth-order valence-corrected chi connectivity index (χ4v) is 3.70. The number of carboxylic acid groups (broad SMARTS) is 1. The minimum absolute atomic E-state index is 0.354. The van der Waals surface area contributed by atoms with Crippen LogP contribution in [-0.2, 0) is 0 Å². The molecule has 2 atom stereocenters. The first kappa shape index (κ1) is 15.4. The smallest absolute Gasteiger partial charge is 0.407 e. The van der Waals surface area contributed by atoms with Crippen LogP contribution in [0.1, 0.15) is 24.8 Å². The second-order valence-corrected chi connectivity index (χ2v) is 6.47. The topological polar surface area (TPSA) is 43.8 Å². The van der Waals surface area contributed by atoms with Crippen molar-refractivity contribution in [2.45, 2.75) is 31.3 Å². The number of carbonyl (C=O) groups is 1. The second-order valence-electron chi connectivity index (χ2n) is 6.03. The molecule has 2 heterocycles. The molecule has 3 rings (SSSR count). The van der Waals surface area contributed by atoms with E-state index in [1.807, 2.05) is 24.3 Å². The second kappa shape index (κ2) is 6.71. The van der Waals surface area contributed by atoms with Crippen molar-refractivity contribution >= 4 is 23.8 Å². The van der Waals surface area contributed by atoms with E-state index >= 15 is 0 Å². The lowest BCUT2D eigenvalue weighted by atomic mass is 9.93. The van der Waals surface area contributed by atoms with Crippen LogP contribution in [0.15, 0.2) is 30.3 Å². The van der Waals surface area contributed by atoms with Crippen molar-refractivity contribution in [1.29, 1.82) is 0 Å². The quantitative estimate of drug-likeness (QED) is 0.906. The lowest BCUT2D eigenvalue weighted by Gasteiger charge is -2.46. The van der Waals surface area contributed by atoms with Gasteiger partial charge in [0.1, 0.15) is 0 Å². The fourth-order valence-electron chi connectivity index (χ4n) is 3.50. The molecule has 5 heteroatoms. The predicted molar refractivity (Wildman–Crippen MR) is 88.2 cm³/mol. The average molecular weight is 321 g/mol. The van der Waals surface area contributed by atoms with Gasteiger partial charge >= 0.3 is 6.09 Å². The van der Waals surface area contributed by atoms with E-state index in [1.54, 1.807) is 4.90 Å². The SMILES string of the molecule is O=C(O)N1CCN2[C@@H](CCC[C@@H]2C=Cc2cccc(Cl)c2)C1. The lowest BCUT2D eigenvalue weighted by Crippen LogP contribution is -2.58. The maximum atomic E-state index is 11.1. The summed E-state index contributed by atoms with van der Waals surface area (Å²) in [5.41, 5.74) is 1.11. The summed E-state index contributed by atoms with van der Waals surface area (Å²) < 4.78 is 0. The number of halogens is 1. The molecule has 0 radical (unpaired) electrons. The molecule has 0 unspecified atom stereocenters. The number of piperazine rings is 1. The van der Waals surface area contributed by atoms with Crippen LogP contribution in [0.5, 0.6) is 0 Å². The first-order valence-corrected chi connectivity index (χ1v) is 8.18. The lowest BCUT2D eigenvalue weighted by molar-refractivity contribution is 0.0287. The highest BCUT2D eigenvalue weighted by Crippen LogP contribution is 2.27. The Kier molecular flexibility index (Phi) is 4.69. The van der Waals surface area contributed by atoms with Gasteiger partial charge in [-0.25, -0.2) is 4.79 Å². The van der Waals surface area contributed by atoms with Gasteiger partial charge in [-0.2, -0.15) is 0 Å². The molecule has 4 nitrogen and oxygen atoms in total. The van der Waals surface area contributed by atoms with E-state index < -0.39 is 6.09 Å². The third-order valence-corrected chi connectivity index (χ3v) is 4.86. The number of rotatable bonds is 2. The maximum Gasteiger partial charge on any atom is 0.407 e. The monoisotopic (exact) mass is 320 g/mol. The molecular formula is C17H21ClN2O2. The fraction of sp³-hybridized carbons (Fsp3) is 0.471. The summed E-state index contributed by atoms with van der Waals surface area (Å²) in [7, 11) is 0. The number of piperidine rings is 1. The highest BCUT2D eigenvalue weighted by atomic mass is 35.5. The number of hydrogen-bond donors (Lipinski definition) is 1. The van der Waals surface area contributed by atoms with Crippen LogP contribution in [0.4, 0.5) is 4.79 Å².